The lowest BCUT2D eigenvalue weighted by Gasteiger charge is -2.01. The molecule has 4 aromatic rings. The van der Waals surface area contributed by atoms with Crippen LogP contribution in [0.5, 0.6) is 0 Å². The van der Waals surface area contributed by atoms with E-state index in [0.29, 0.717) is 15.7 Å². The number of nitrogens with one attached hydrogen (secondary N) is 2. The topological polar surface area (TPSA) is 74.8 Å². The van der Waals surface area contributed by atoms with Crippen LogP contribution in [0.1, 0.15) is 22.2 Å². The summed E-state index contributed by atoms with van der Waals surface area (Å²) in [5, 5.41) is 4.30. The molecule has 1 amide bonds. The molecule has 27 heavy (non-hydrogen) atoms. The van der Waals surface area contributed by atoms with Crippen LogP contribution in [0, 0.1) is 0 Å². The summed E-state index contributed by atoms with van der Waals surface area (Å²) >= 11 is 1.21. The number of rotatable bonds is 5. The molecule has 0 bridgehead atoms. The lowest BCUT2D eigenvalue weighted by Crippen LogP contribution is -2.14. The molecule has 2 N–H and O–H groups in total. The molecule has 0 spiro atoms. The van der Waals surface area contributed by atoms with Gasteiger partial charge in [-0.05, 0) is 11.6 Å². The zero-order chi connectivity index (χ0) is 18.8. The maximum atomic E-state index is 12.5. The van der Waals surface area contributed by atoms with E-state index in [4.69, 9.17) is 0 Å². The van der Waals surface area contributed by atoms with Gasteiger partial charge >= 0.3 is 0 Å². The molecule has 2 aromatic carbocycles. The number of hydrogen-bond acceptors (Lipinski definition) is 4. The standard InChI is InChI=1S/C21H17N3O2S/c1-13(25)20-19(14-7-3-2-4-8-14)24-21(27-20)23-18(26)11-15-12-22-17-10-6-5-9-16(15)17/h2-10,12,22H,11H2,1H3,(H,23,24,26). The number of fused-ring (bicyclic) bond motifs is 1. The second-order valence-electron chi connectivity index (χ2n) is 6.20. The Kier molecular flexibility index (Phi) is 4.56. The molecular weight excluding hydrogens is 358 g/mol. The molecule has 0 fully saturated rings. The van der Waals surface area contributed by atoms with E-state index in [-0.39, 0.29) is 18.1 Å². The van der Waals surface area contributed by atoms with Gasteiger partial charge in [-0.1, -0.05) is 59.9 Å². The number of amides is 1. The first-order valence-electron chi connectivity index (χ1n) is 8.54. The van der Waals surface area contributed by atoms with Crippen LogP contribution in [0.3, 0.4) is 0 Å². The average Bonchev–Trinajstić information content (AvgIpc) is 3.27. The Morgan fingerprint density at radius 3 is 2.59 bits per heavy atom. The van der Waals surface area contributed by atoms with Gasteiger partial charge in [-0.3, -0.25) is 9.59 Å². The van der Waals surface area contributed by atoms with Gasteiger partial charge in [0.15, 0.2) is 10.9 Å². The Labute approximate surface area is 160 Å². The molecule has 4 rings (SSSR count). The first-order valence-corrected chi connectivity index (χ1v) is 9.35. The molecule has 0 unspecified atom stereocenters. The van der Waals surface area contributed by atoms with Crippen LogP contribution in [0.25, 0.3) is 22.2 Å². The SMILES string of the molecule is CC(=O)c1sc(NC(=O)Cc2c[nH]c3ccccc23)nc1-c1ccccc1. The smallest absolute Gasteiger partial charge is 0.230 e. The van der Waals surface area contributed by atoms with Crippen LogP contribution in [0.15, 0.2) is 60.8 Å². The van der Waals surface area contributed by atoms with Crippen molar-refractivity contribution in [1.29, 1.82) is 0 Å². The number of benzene rings is 2. The molecule has 0 aliphatic rings. The van der Waals surface area contributed by atoms with E-state index < -0.39 is 0 Å². The van der Waals surface area contributed by atoms with E-state index in [2.05, 4.69) is 15.3 Å². The summed E-state index contributed by atoms with van der Waals surface area (Å²) < 4.78 is 0. The number of H-pyrrole nitrogens is 1. The van der Waals surface area contributed by atoms with Gasteiger partial charge in [0.1, 0.15) is 0 Å². The highest BCUT2D eigenvalue weighted by Crippen LogP contribution is 2.31. The Bertz CT molecular complexity index is 1130. The highest BCUT2D eigenvalue weighted by Gasteiger charge is 2.18. The lowest BCUT2D eigenvalue weighted by atomic mass is 10.1. The second kappa shape index (κ2) is 7.17. The average molecular weight is 375 g/mol. The van der Waals surface area contributed by atoms with E-state index >= 15 is 0 Å². The number of anilines is 1. The largest absolute Gasteiger partial charge is 0.361 e. The van der Waals surface area contributed by atoms with Gasteiger partial charge in [0.05, 0.1) is 17.0 Å². The van der Waals surface area contributed by atoms with Gasteiger partial charge in [0.25, 0.3) is 0 Å². The van der Waals surface area contributed by atoms with Gasteiger partial charge < -0.3 is 10.3 Å². The third kappa shape index (κ3) is 3.52. The van der Waals surface area contributed by atoms with E-state index in [1.54, 1.807) is 0 Å². The Hall–Kier alpha value is -3.25. The Morgan fingerprint density at radius 1 is 1.07 bits per heavy atom. The van der Waals surface area contributed by atoms with Gasteiger partial charge in [0.2, 0.25) is 5.91 Å². The zero-order valence-corrected chi connectivity index (χ0v) is 15.5. The lowest BCUT2D eigenvalue weighted by molar-refractivity contribution is -0.115. The molecule has 0 atom stereocenters. The third-order valence-corrected chi connectivity index (χ3v) is 5.34. The third-order valence-electron chi connectivity index (χ3n) is 4.27. The first-order chi connectivity index (χ1) is 13.1. The van der Waals surface area contributed by atoms with Crippen molar-refractivity contribution in [3.63, 3.8) is 0 Å². The van der Waals surface area contributed by atoms with Crippen LogP contribution in [-0.4, -0.2) is 21.7 Å². The van der Waals surface area contributed by atoms with Crippen molar-refractivity contribution >= 4 is 39.1 Å². The fourth-order valence-corrected chi connectivity index (χ4v) is 3.92. The number of para-hydroxylation sites is 1. The monoisotopic (exact) mass is 375 g/mol. The fraction of sp³-hybridized carbons (Fsp3) is 0.0952. The van der Waals surface area contributed by atoms with Crippen LogP contribution >= 0.6 is 11.3 Å². The molecule has 6 heteroatoms. The molecule has 2 aromatic heterocycles. The predicted octanol–water partition coefficient (Wildman–Crippen LogP) is 4.68. The molecule has 0 radical (unpaired) electrons. The van der Waals surface area contributed by atoms with Crippen molar-refractivity contribution in [2.75, 3.05) is 5.32 Å². The number of aromatic amines is 1. The quantitative estimate of drug-likeness (QED) is 0.498. The van der Waals surface area contributed by atoms with Gasteiger partial charge in [-0.25, -0.2) is 4.98 Å². The minimum atomic E-state index is -0.164. The van der Waals surface area contributed by atoms with Crippen molar-refractivity contribution < 1.29 is 9.59 Å². The molecule has 2 heterocycles. The van der Waals surface area contributed by atoms with Crippen LogP contribution in [0.2, 0.25) is 0 Å². The van der Waals surface area contributed by atoms with Gasteiger partial charge in [-0.15, -0.1) is 0 Å². The van der Waals surface area contributed by atoms with Crippen molar-refractivity contribution in [2.24, 2.45) is 0 Å². The summed E-state index contributed by atoms with van der Waals surface area (Å²) in [6, 6.07) is 17.4. The molecule has 0 saturated heterocycles. The highest BCUT2D eigenvalue weighted by molar-refractivity contribution is 7.18. The van der Waals surface area contributed by atoms with Crippen molar-refractivity contribution in [3.8, 4) is 11.3 Å². The molecule has 0 aliphatic carbocycles. The zero-order valence-electron chi connectivity index (χ0n) is 14.7. The van der Waals surface area contributed by atoms with Gasteiger partial charge in [0, 0.05) is 29.6 Å². The molecule has 0 saturated carbocycles. The van der Waals surface area contributed by atoms with Crippen LogP contribution in [0.4, 0.5) is 5.13 Å². The summed E-state index contributed by atoms with van der Waals surface area (Å²) in [5.74, 6) is -0.230. The predicted molar refractivity (Wildman–Crippen MR) is 108 cm³/mol. The number of nitrogens with zero attached hydrogens (tertiary/aromatic N) is 1. The van der Waals surface area contributed by atoms with E-state index in [1.807, 2.05) is 60.8 Å². The number of carbonyl (C=O) groups is 2. The van der Waals surface area contributed by atoms with Crippen molar-refractivity contribution in [1.82, 2.24) is 9.97 Å². The summed E-state index contributed by atoms with van der Waals surface area (Å²) in [5.41, 5.74) is 3.39. The Morgan fingerprint density at radius 2 is 1.81 bits per heavy atom. The maximum Gasteiger partial charge on any atom is 0.230 e. The molecule has 0 aliphatic heterocycles. The van der Waals surface area contributed by atoms with Crippen LogP contribution < -0.4 is 5.32 Å². The minimum Gasteiger partial charge on any atom is -0.361 e. The molecule has 134 valence electrons. The summed E-state index contributed by atoms with van der Waals surface area (Å²) in [4.78, 5) is 32.7. The minimum absolute atomic E-state index is 0.0662. The number of ketones is 1. The number of thiazole rings is 1. The number of carbonyl (C=O) groups excluding carboxylic acids is 2. The van der Waals surface area contributed by atoms with Gasteiger partial charge in [-0.2, -0.15) is 0 Å². The number of hydrogen-bond donors (Lipinski definition) is 2. The van der Waals surface area contributed by atoms with Crippen molar-refractivity contribution in [3.05, 3.63) is 71.2 Å². The maximum absolute atomic E-state index is 12.5. The number of Topliss-reactive ketones (excluding diaryl/α,β-unsaturated/α-hetero) is 1. The van der Waals surface area contributed by atoms with E-state index in [1.165, 1.54) is 18.3 Å². The van der Waals surface area contributed by atoms with Crippen molar-refractivity contribution in [2.45, 2.75) is 13.3 Å². The fourth-order valence-electron chi connectivity index (χ4n) is 3.02. The molecule has 5 nitrogen and oxygen atoms in total. The van der Waals surface area contributed by atoms with E-state index in [0.717, 1.165) is 22.0 Å². The summed E-state index contributed by atoms with van der Waals surface area (Å²) in [7, 11) is 0. The Balaban J connectivity index is 1.57. The summed E-state index contributed by atoms with van der Waals surface area (Å²) in [6.07, 6.45) is 2.09. The first kappa shape index (κ1) is 17.2. The summed E-state index contributed by atoms with van der Waals surface area (Å²) in [6.45, 7) is 1.51. The highest BCUT2D eigenvalue weighted by atomic mass is 32.1. The van der Waals surface area contributed by atoms with E-state index in [9.17, 15) is 9.59 Å². The second-order valence-corrected chi connectivity index (χ2v) is 7.20. The normalized spacial score (nSPS) is 10.9. The number of aromatic nitrogens is 2. The van der Waals surface area contributed by atoms with Crippen LogP contribution in [-0.2, 0) is 11.2 Å². The molecular formula is C21H17N3O2S.